The van der Waals surface area contributed by atoms with Gasteiger partial charge in [0.05, 0.1) is 13.2 Å². The highest BCUT2D eigenvalue weighted by atomic mass is 127. The van der Waals surface area contributed by atoms with E-state index < -0.39 is 0 Å². The van der Waals surface area contributed by atoms with Crippen LogP contribution in [0.5, 0.6) is 11.5 Å². The van der Waals surface area contributed by atoms with Crippen LogP contribution in [-0.2, 0) is 13.0 Å². The lowest BCUT2D eigenvalue weighted by Gasteiger charge is -2.13. The number of benzene rings is 2. The Morgan fingerprint density at radius 2 is 1.52 bits per heavy atom. The summed E-state index contributed by atoms with van der Waals surface area (Å²) < 4.78 is 10.8. The van der Waals surface area contributed by atoms with Crippen LogP contribution in [0.1, 0.15) is 25.0 Å². The first kappa shape index (κ1) is 23.1. The normalized spacial score (nSPS) is 10.9. The molecule has 0 aliphatic rings. The first-order valence-electron chi connectivity index (χ1n) is 8.93. The summed E-state index contributed by atoms with van der Waals surface area (Å²) in [4.78, 5) is 4.26. The highest BCUT2D eigenvalue weighted by molar-refractivity contribution is 14.0. The van der Waals surface area contributed by atoms with E-state index in [1.807, 2.05) is 50.2 Å². The summed E-state index contributed by atoms with van der Waals surface area (Å²) in [5.74, 6) is 2.57. The summed E-state index contributed by atoms with van der Waals surface area (Å²) in [5.41, 5.74) is 2.44. The molecule has 0 radical (unpaired) electrons. The van der Waals surface area contributed by atoms with E-state index in [9.17, 15) is 0 Å². The molecular weight excluding hydrogens is 453 g/mol. The van der Waals surface area contributed by atoms with Crippen molar-refractivity contribution >= 4 is 29.9 Å². The molecule has 5 nitrogen and oxygen atoms in total. The molecule has 0 amide bonds. The molecule has 0 saturated heterocycles. The summed E-state index contributed by atoms with van der Waals surface area (Å²) in [7, 11) is 3.45. The van der Waals surface area contributed by atoms with E-state index in [0.29, 0.717) is 6.54 Å². The molecule has 2 aromatic carbocycles. The van der Waals surface area contributed by atoms with E-state index >= 15 is 0 Å². The Labute approximate surface area is 179 Å². The molecule has 0 unspecified atom stereocenters. The van der Waals surface area contributed by atoms with Crippen molar-refractivity contribution in [1.29, 1.82) is 0 Å². The number of halogens is 1. The maximum absolute atomic E-state index is 5.67. The molecule has 0 bridgehead atoms. The second kappa shape index (κ2) is 12.4. The zero-order valence-electron chi connectivity index (χ0n) is 16.5. The van der Waals surface area contributed by atoms with E-state index in [4.69, 9.17) is 9.47 Å². The van der Waals surface area contributed by atoms with Crippen LogP contribution in [0.4, 0.5) is 0 Å². The van der Waals surface area contributed by atoms with Crippen molar-refractivity contribution in [1.82, 2.24) is 10.6 Å². The van der Waals surface area contributed by atoms with Gasteiger partial charge in [-0.2, -0.15) is 0 Å². The third-order valence-electron chi connectivity index (χ3n) is 3.84. The van der Waals surface area contributed by atoms with Gasteiger partial charge in [0.25, 0.3) is 0 Å². The average molecular weight is 483 g/mol. The molecule has 0 heterocycles. The van der Waals surface area contributed by atoms with Gasteiger partial charge >= 0.3 is 0 Å². The van der Waals surface area contributed by atoms with Crippen molar-refractivity contribution < 1.29 is 9.47 Å². The number of ether oxygens (including phenoxy) is 2. The van der Waals surface area contributed by atoms with Crippen LogP contribution in [0, 0.1) is 0 Å². The predicted octanol–water partition coefficient (Wildman–Crippen LogP) is 4.01. The number of rotatable bonds is 8. The fraction of sp³-hybridized carbons (Fsp3) is 0.381. The molecule has 0 aliphatic heterocycles. The van der Waals surface area contributed by atoms with Gasteiger partial charge in [-0.3, -0.25) is 4.99 Å². The molecule has 0 atom stereocenters. The van der Waals surface area contributed by atoms with Crippen LogP contribution in [-0.4, -0.2) is 32.8 Å². The second-order valence-corrected chi connectivity index (χ2v) is 6.26. The van der Waals surface area contributed by atoms with Gasteiger partial charge in [-0.1, -0.05) is 24.3 Å². The maximum atomic E-state index is 5.67. The van der Waals surface area contributed by atoms with Crippen molar-refractivity contribution in [2.24, 2.45) is 4.99 Å². The van der Waals surface area contributed by atoms with Crippen LogP contribution < -0.4 is 20.1 Å². The van der Waals surface area contributed by atoms with Crippen LogP contribution in [0.15, 0.2) is 53.5 Å². The van der Waals surface area contributed by atoms with Crippen LogP contribution >= 0.6 is 24.0 Å². The molecule has 2 aromatic rings. The van der Waals surface area contributed by atoms with E-state index in [-0.39, 0.29) is 30.1 Å². The van der Waals surface area contributed by atoms with Gasteiger partial charge in [0.15, 0.2) is 5.96 Å². The summed E-state index contributed by atoms with van der Waals surface area (Å²) in [5, 5.41) is 6.66. The van der Waals surface area contributed by atoms with Gasteiger partial charge in [0, 0.05) is 20.1 Å². The lowest BCUT2D eigenvalue weighted by Crippen LogP contribution is -2.37. The molecule has 2 N–H and O–H groups in total. The Hall–Kier alpha value is -1.96. The van der Waals surface area contributed by atoms with Gasteiger partial charge in [0.1, 0.15) is 11.5 Å². The monoisotopic (exact) mass is 483 g/mol. The molecule has 0 spiro atoms. The Balaban J connectivity index is 0.00000364. The first-order chi connectivity index (χ1) is 12.6. The summed E-state index contributed by atoms with van der Waals surface area (Å²) >= 11 is 0. The second-order valence-electron chi connectivity index (χ2n) is 6.26. The van der Waals surface area contributed by atoms with Gasteiger partial charge < -0.3 is 20.1 Å². The molecular formula is C21H30IN3O2. The SMILES string of the molecule is CN=C(NCCc1ccc(OC(C)C)cc1)NCc1ccc(OC)cc1.I. The summed E-state index contributed by atoms with van der Waals surface area (Å²) in [6.07, 6.45) is 1.12. The van der Waals surface area contributed by atoms with Gasteiger partial charge in [0.2, 0.25) is 0 Å². The topological polar surface area (TPSA) is 54.9 Å². The minimum absolute atomic E-state index is 0. The number of hydrogen-bond donors (Lipinski definition) is 2. The van der Waals surface area contributed by atoms with Crippen molar-refractivity contribution in [2.75, 3.05) is 20.7 Å². The quantitative estimate of drug-likeness (QED) is 0.339. The highest BCUT2D eigenvalue weighted by Crippen LogP contribution is 2.14. The number of aliphatic imine (C=N–C) groups is 1. The Morgan fingerprint density at radius 1 is 0.926 bits per heavy atom. The molecule has 2 rings (SSSR count). The molecule has 27 heavy (non-hydrogen) atoms. The number of methoxy groups -OCH3 is 1. The number of hydrogen-bond acceptors (Lipinski definition) is 3. The van der Waals surface area contributed by atoms with Crippen LogP contribution in [0.2, 0.25) is 0 Å². The fourth-order valence-corrected chi connectivity index (χ4v) is 2.48. The summed E-state index contributed by atoms with van der Waals surface area (Å²) in [6, 6.07) is 16.2. The average Bonchev–Trinajstić information content (AvgIpc) is 2.66. The third-order valence-corrected chi connectivity index (χ3v) is 3.84. The number of guanidine groups is 1. The maximum Gasteiger partial charge on any atom is 0.191 e. The molecule has 0 fully saturated rings. The van der Waals surface area contributed by atoms with Crippen LogP contribution in [0.25, 0.3) is 0 Å². The standard InChI is InChI=1S/C21H29N3O2.HI/c1-16(2)26-20-11-5-17(6-12-20)13-14-23-21(22-3)24-15-18-7-9-19(25-4)10-8-18;/h5-12,16H,13-15H2,1-4H3,(H2,22,23,24);1H. The van der Waals surface area contributed by atoms with Gasteiger partial charge in [-0.05, 0) is 55.7 Å². The van der Waals surface area contributed by atoms with E-state index in [2.05, 4.69) is 27.8 Å². The number of nitrogens with zero attached hydrogens (tertiary/aromatic N) is 1. The first-order valence-corrected chi connectivity index (χ1v) is 8.93. The number of nitrogens with one attached hydrogen (secondary N) is 2. The van der Waals surface area contributed by atoms with E-state index in [0.717, 1.165) is 30.4 Å². The molecule has 0 aromatic heterocycles. The Kier molecular flexibility index (Phi) is 10.6. The third kappa shape index (κ3) is 8.51. The van der Waals surface area contributed by atoms with Gasteiger partial charge in [-0.25, -0.2) is 0 Å². The molecule has 0 saturated carbocycles. The van der Waals surface area contributed by atoms with Crippen molar-refractivity contribution in [2.45, 2.75) is 32.9 Å². The predicted molar refractivity (Wildman–Crippen MR) is 123 cm³/mol. The lowest BCUT2D eigenvalue weighted by molar-refractivity contribution is 0.242. The van der Waals surface area contributed by atoms with E-state index in [1.165, 1.54) is 11.1 Å². The minimum Gasteiger partial charge on any atom is -0.497 e. The smallest absolute Gasteiger partial charge is 0.191 e. The Bertz CT molecular complexity index is 686. The lowest BCUT2D eigenvalue weighted by atomic mass is 10.1. The molecule has 0 aliphatic carbocycles. The summed E-state index contributed by atoms with van der Waals surface area (Å²) in [6.45, 7) is 5.59. The zero-order chi connectivity index (χ0) is 18.8. The van der Waals surface area contributed by atoms with Crippen molar-refractivity contribution in [3.63, 3.8) is 0 Å². The largest absolute Gasteiger partial charge is 0.497 e. The fourth-order valence-electron chi connectivity index (χ4n) is 2.48. The molecule has 148 valence electrons. The minimum atomic E-state index is 0. The van der Waals surface area contributed by atoms with Crippen molar-refractivity contribution in [3.8, 4) is 11.5 Å². The van der Waals surface area contributed by atoms with Gasteiger partial charge in [-0.15, -0.1) is 24.0 Å². The highest BCUT2D eigenvalue weighted by Gasteiger charge is 2.01. The zero-order valence-corrected chi connectivity index (χ0v) is 18.8. The van der Waals surface area contributed by atoms with E-state index in [1.54, 1.807) is 14.2 Å². The van der Waals surface area contributed by atoms with Crippen molar-refractivity contribution in [3.05, 3.63) is 59.7 Å². The Morgan fingerprint density at radius 3 is 2.07 bits per heavy atom. The molecule has 6 heteroatoms. The van der Waals surface area contributed by atoms with Crippen LogP contribution in [0.3, 0.4) is 0 Å².